The van der Waals surface area contributed by atoms with Gasteiger partial charge in [-0.1, -0.05) is 42.5 Å². The highest BCUT2D eigenvalue weighted by Crippen LogP contribution is 2.59. The molecule has 37 heavy (non-hydrogen) atoms. The molecule has 3 fully saturated rings. The van der Waals surface area contributed by atoms with Crippen molar-refractivity contribution in [2.24, 2.45) is 11.8 Å². The number of aliphatic hydroxyl groups is 1. The zero-order valence-corrected chi connectivity index (χ0v) is 22.1. The van der Waals surface area contributed by atoms with Gasteiger partial charge in [0.25, 0.3) is 0 Å². The number of likely N-dealkylation sites (tertiary alicyclic amines) is 1. The van der Waals surface area contributed by atoms with E-state index >= 15 is 0 Å². The van der Waals surface area contributed by atoms with E-state index in [0.29, 0.717) is 32.4 Å². The summed E-state index contributed by atoms with van der Waals surface area (Å²) in [6.45, 7) is 11.8. The van der Waals surface area contributed by atoms with Gasteiger partial charge in [-0.05, 0) is 38.7 Å². The zero-order valence-electron chi connectivity index (χ0n) is 22.1. The third-order valence-electron chi connectivity index (χ3n) is 8.19. The van der Waals surface area contributed by atoms with E-state index in [0.717, 1.165) is 5.56 Å². The first kappa shape index (κ1) is 27.1. The highest BCUT2D eigenvalue weighted by Gasteiger charge is 2.75. The van der Waals surface area contributed by atoms with Gasteiger partial charge in [0.2, 0.25) is 17.7 Å². The number of fused-ring (bicyclic) bond motifs is 1. The Morgan fingerprint density at radius 3 is 2.46 bits per heavy atom. The molecule has 0 aromatic heterocycles. The summed E-state index contributed by atoms with van der Waals surface area (Å²) in [5.41, 5.74) is -0.155. The fourth-order valence-corrected chi connectivity index (χ4v) is 6.57. The minimum atomic E-state index is -1.10. The van der Waals surface area contributed by atoms with Gasteiger partial charge in [-0.25, -0.2) is 0 Å². The average Bonchev–Trinajstić information content (AvgIpc) is 3.53. The van der Waals surface area contributed by atoms with Crippen LogP contribution in [0.3, 0.4) is 0 Å². The zero-order chi connectivity index (χ0) is 26.9. The summed E-state index contributed by atoms with van der Waals surface area (Å²) in [5, 5.41) is 10.5. The number of aliphatic hydroxyl groups excluding tert-OH is 1. The van der Waals surface area contributed by atoms with Crippen molar-refractivity contribution in [3.05, 3.63) is 61.2 Å². The van der Waals surface area contributed by atoms with Gasteiger partial charge in [0.05, 0.1) is 30.6 Å². The second-order valence-corrected chi connectivity index (χ2v) is 10.7. The largest absolute Gasteiger partial charge is 0.394 e. The summed E-state index contributed by atoms with van der Waals surface area (Å²) in [7, 11) is 1.69. The molecule has 1 N–H and O–H groups in total. The molecule has 1 aromatic carbocycles. The molecule has 3 aliphatic rings. The van der Waals surface area contributed by atoms with Crippen LogP contribution < -0.4 is 0 Å². The molecule has 1 spiro atoms. The lowest BCUT2D eigenvalue weighted by Gasteiger charge is -2.40. The van der Waals surface area contributed by atoms with E-state index < -0.39 is 35.6 Å². The van der Waals surface area contributed by atoms with Gasteiger partial charge in [-0.2, -0.15) is 0 Å². The van der Waals surface area contributed by atoms with Crippen LogP contribution in [-0.2, 0) is 25.5 Å². The summed E-state index contributed by atoms with van der Waals surface area (Å²) in [5.74, 6) is -2.14. The van der Waals surface area contributed by atoms with Crippen LogP contribution in [0.4, 0.5) is 0 Å². The number of hydrogen-bond donors (Lipinski definition) is 1. The number of rotatable bonds is 11. The second kappa shape index (κ2) is 10.8. The van der Waals surface area contributed by atoms with E-state index in [4.69, 9.17) is 4.74 Å². The number of carbonyl (C=O) groups is 3. The standard InChI is InChI=1S/C29H39N3O5/c1-6-15-30(5)26(34)23-22-13-14-29(37-22)24(23)27(35)32(21(18-33)17-20-11-9-8-10-12-20)25(29)28(36)31(16-7-2)19(3)4/h6-12,19,21-25,33H,1-2,13-18H2,3-5H3/t21-,22-,23+,24+,25?,29?/m1/s1. The Hall–Kier alpha value is -2.97. The summed E-state index contributed by atoms with van der Waals surface area (Å²) in [6, 6.07) is 7.91. The molecule has 0 aliphatic carbocycles. The van der Waals surface area contributed by atoms with Crippen LogP contribution >= 0.6 is 0 Å². The third kappa shape index (κ3) is 4.50. The molecular weight excluding hydrogens is 470 g/mol. The summed E-state index contributed by atoms with van der Waals surface area (Å²) >= 11 is 0. The second-order valence-electron chi connectivity index (χ2n) is 10.7. The molecule has 6 atom stereocenters. The van der Waals surface area contributed by atoms with Crippen LogP contribution in [0.5, 0.6) is 0 Å². The topological polar surface area (TPSA) is 90.4 Å². The highest BCUT2D eigenvalue weighted by molar-refractivity contribution is 5.99. The molecular formula is C29H39N3O5. The Morgan fingerprint density at radius 1 is 1.19 bits per heavy atom. The van der Waals surface area contributed by atoms with Crippen molar-refractivity contribution in [2.45, 2.75) is 62.9 Å². The van der Waals surface area contributed by atoms with E-state index in [1.165, 1.54) is 0 Å². The first-order valence-corrected chi connectivity index (χ1v) is 13.1. The minimum Gasteiger partial charge on any atom is -0.394 e. The normalized spacial score (nSPS) is 28.8. The summed E-state index contributed by atoms with van der Waals surface area (Å²) in [6.07, 6.45) is 4.40. The van der Waals surface area contributed by atoms with Crippen LogP contribution in [0.1, 0.15) is 32.3 Å². The van der Waals surface area contributed by atoms with Gasteiger partial charge in [0, 0.05) is 26.2 Å². The van der Waals surface area contributed by atoms with Gasteiger partial charge in [0.15, 0.2) is 0 Å². The van der Waals surface area contributed by atoms with Gasteiger partial charge in [-0.3, -0.25) is 14.4 Å². The van der Waals surface area contributed by atoms with E-state index in [1.807, 2.05) is 44.2 Å². The van der Waals surface area contributed by atoms with Crippen molar-refractivity contribution < 1.29 is 24.2 Å². The fraction of sp³-hybridized carbons (Fsp3) is 0.552. The summed E-state index contributed by atoms with van der Waals surface area (Å²) < 4.78 is 6.54. The third-order valence-corrected chi connectivity index (χ3v) is 8.19. The van der Waals surface area contributed by atoms with E-state index in [1.54, 1.807) is 33.9 Å². The number of carbonyl (C=O) groups excluding carboxylic acids is 3. The molecule has 3 aliphatic heterocycles. The van der Waals surface area contributed by atoms with Crippen LogP contribution in [0.2, 0.25) is 0 Å². The highest BCUT2D eigenvalue weighted by atomic mass is 16.5. The number of ether oxygens (including phenoxy) is 1. The van der Waals surface area contributed by atoms with Crippen molar-refractivity contribution in [3.8, 4) is 0 Å². The van der Waals surface area contributed by atoms with Crippen molar-refractivity contribution in [3.63, 3.8) is 0 Å². The van der Waals surface area contributed by atoms with Crippen molar-refractivity contribution in [1.82, 2.24) is 14.7 Å². The Kier molecular flexibility index (Phi) is 7.90. The molecule has 3 saturated heterocycles. The Balaban J connectivity index is 1.79. The number of hydrogen-bond acceptors (Lipinski definition) is 5. The van der Waals surface area contributed by atoms with Crippen molar-refractivity contribution in [2.75, 3.05) is 26.7 Å². The first-order valence-electron chi connectivity index (χ1n) is 13.1. The Morgan fingerprint density at radius 2 is 1.86 bits per heavy atom. The van der Waals surface area contributed by atoms with Crippen LogP contribution in [0.25, 0.3) is 0 Å². The minimum absolute atomic E-state index is 0.130. The van der Waals surface area contributed by atoms with E-state index in [2.05, 4.69) is 13.2 Å². The molecule has 2 bridgehead atoms. The smallest absolute Gasteiger partial charge is 0.248 e. The van der Waals surface area contributed by atoms with Gasteiger partial charge >= 0.3 is 0 Å². The quantitative estimate of drug-likeness (QED) is 0.461. The van der Waals surface area contributed by atoms with Crippen molar-refractivity contribution in [1.29, 1.82) is 0 Å². The fourth-order valence-electron chi connectivity index (χ4n) is 6.57. The van der Waals surface area contributed by atoms with Gasteiger partial charge in [-0.15, -0.1) is 13.2 Å². The molecule has 8 heteroatoms. The van der Waals surface area contributed by atoms with Gasteiger partial charge < -0.3 is 24.5 Å². The summed E-state index contributed by atoms with van der Waals surface area (Å²) in [4.78, 5) is 46.9. The molecule has 0 saturated carbocycles. The monoisotopic (exact) mass is 509 g/mol. The predicted molar refractivity (Wildman–Crippen MR) is 140 cm³/mol. The predicted octanol–water partition coefficient (Wildman–Crippen LogP) is 2.03. The lowest BCUT2D eigenvalue weighted by Crippen LogP contribution is -2.60. The number of amides is 3. The molecule has 1 aromatic rings. The first-order chi connectivity index (χ1) is 17.7. The number of likely N-dealkylation sites (N-methyl/N-ethyl adjacent to an activating group) is 1. The molecule has 0 radical (unpaired) electrons. The Bertz CT molecular complexity index is 1040. The molecule has 4 rings (SSSR count). The number of benzene rings is 1. The van der Waals surface area contributed by atoms with E-state index in [-0.39, 0.29) is 30.4 Å². The Labute approximate surface area is 219 Å². The lowest BCUT2D eigenvalue weighted by molar-refractivity contribution is -0.152. The molecule has 8 nitrogen and oxygen atoms in total. The van der Waals surface area contributed by atoms with Crippen LogP contribution in [0, 0.1) is 11.8 Å². The number of nitrogens with zero attached hydrogens (tertiary/aromatic N) is 3. The molecule has 3 amide bonds. The molecule has 2 unspecified atom stereocenters. The SMILES string of the molecule is C=CCN(C)C(=O)[C@@H]1[C@H]2C(=O)N([C@@H](CO)Cc3ccccc3)C(C(=O)N(CC=C)C(C)C)C23CC[C@H]1O3. The van der Waals surface area contributed by atoms with E-state index in [9.17, 15) is 19.5 Å². The maximum Gasteiger partial charge on any atom is 0.248 e. The maximum absolute atomic E-state index is 14.3. The maximum atomic E-state index is 14.3. The van der Waals surface area contributed by atoms with Crippen LogP contribution in [-0.4, -0.2) is 94.1 Å². The molecule has 200 valence electrons. The average molecular weight is 510 g/mol. The lowest BCUT2D eigenvalue weighted by atomic mass is 9.70. The van der Waals surface area contributed by atoms with Gasteiger partial charge in [0.1, 0.15) is 11.6 Å². The molecule has 3 heterocycles. The van der Waals surface area contributed by atoms with Crippen LogP contribution in [0.15, 0.2) is 55.6 Å². The van der Waals surface area contributed by atoms with Crippen molar-refractivity contribution >= 4 is 17.7 Å².